The van der Waals surface area contributed by atoms with Crippen LogP contribution in [0.2, 0.25) is 0 Å². The molecule has 1 N–H and O–H groups in total. The number of amides is 1. The summed E-state index contributed by atoms with van der Waals surface area (Å²) >= 11 is 0. The van der Waals surface area contributed by atoms with Crippen molar-refractivity contribution in [1.82, 2.24) is 14.9 Å². The van der Waals surface area contributed by atoms with Gasteiger partial charge in [0.1, 0.15) is 18.2 Å². The second kappa shape index (κ2) is 5.29. The molecule has 1 heterocycles. The van der Waals surface area contributed by atoms with Crippen LogP contribution >= 0.6 is 0 Å². The highest BCUT2D eigenvalue weighted by atomic mass is 16.5. The van der Waals surface area contributed by atoms with E-state index in [9.17, 15) is 4.79 Å². The minimum absolute atomic E-state index is 0.0161. The molecule has 0 spiro atoms. The first-order valence-corrected chi connectivity index (χ1v) is 4.88. The fourth-order valence-electron chi connectivity index (χ4n) is 1.20. The Kier molecular flexibility index (Phi) is 4.04. The first-order valence-electron chi connectivity index (χ1n) is 4.88. The van der Waals surface area contributed by atoms with E-state index in [0.717, 1.165) is 0 Å². The van der Waals surface area contributed by atoms with E-state index in [1.165, 1.54) is 18.3 Å². The number of methoxy groups -OCH3 is 1. The van der Waals surface area contributed by atoms with Crippen LogP contribution in [0.25, 0.3) is 0 Å². The van der Waals surface area contributed by atoms with Gasteiger partial charge in [0.25, 0.3) is 0 Å². The zero-order valence-corrected chi connectivity index (χ0v) is 9.89. The Hall–Kier alpha value is -1.85. The monoisotopic (exact) mass is 224 g/mol. The molecular formula is C10H16N4O2. The summed E-state index contributed by atoms with van der Waals surface area (Å²) in [6.45, 7) is 1.77. The van der Waals surface area contributed by atoms with Crippen molar-refractivity contribution in [3.8, 4) is 5.88 Å². The highest BCUT2D eigenvalue weighted by Crippen LogP contribution is 2.11. The molecule has 1 rings (SSSR count). The van der Waals surface area contributed by atoms with Crippen molar-refractivity contribution in [2.75, 3.05) is 26.5 Å². The summed E-state index contributed by atoms with van der Waals surface area (Å²) in [6, 6.07) is 1.30. The number of ether oxygens (including phenoxy) is 1. The van der Waals surface area contributed by atoms with E-state index in [-0.39, 0.29) is 11.9 Å². The van der Waals surface area contributed by atoms with Crippen molar-refractivity contribution >= 4 is 11.7 Å². The van der Waals surface area contributed by atoms with Crippen LogP contribution in [0.15, 0.2) is 12.4 Å². The fourth-order valence-corrected chi connectivity index (χ4v) is 1.20. The number of nitrogens with one attached hydrogen (secondary N) is 1. The van der Waals surface area contributed by atoms with Crippen LogP contribution in [0.5, 0.6) is 5.88 Å². The lowest BCUT2D eigenvalue weighted by Crippen LogP contribution is -2.36. The number of likely N-dealkylation sites (N-methyl/N-ethyl adjacent to an activating group) is 1. The highest BCUT2D eigenvalue weighted by molar-refractivity contribution is 5.83. The van der Waals surface area contributed by atoms with Crippen molar-refractivity contribution in [2.45, 2.75) is 13.0 Å². The maximum Gasteiger partial charge on any atom is 0.244 e. The number of carbonyl (C=O) groups is 1. The Morgan fingerprint density at radius 2 is 2.19 bits per heavy atom. The molecule has 0 aromatic carbocycles. The molecule has 16 heavy (non-hydrogen) atoms. The van der Waals surface area contributed by atoms with E-state index >= 15 is 0 Å². The van der Waals surface area contributed by atoms with Crippen molar-refractivity contribution in [3.63, 3.8) is 0 Å². The molecule has 1 aromatic rings. The molecule has 1 aromatic heterocycles. The van der Waals surface area contributed by atoms with Gasteiger partial charge in [-0.25, -0.2) is 9.97 Å². The predicted octanol–water partition coefficient (Wildman–Crippen LogP) is 0.374. The molecule has 0 radical (unpaired) electrons. The molecule has 6 heteroatoms. The fraction of sp³-hybridized carbons (Fsp3) is 0.500. The molecule has 0 saturated carbocycles. The third kappa shape index (κ3) is 3.08. The van der Waals surface area contributed by atoms with Gasteiger partial charge in [-0.15, -0.1) is 0 Å². The second-order valence-corrected chi connectivity index (χ2v) is 3.54. The van der Waals surface area contributed by atoms with E-state index in [0.29, 0.717) is 11.7 Å². The topological polar surface area (TPSA) is 67.3 Å². The average molecular weight is 224 g/mol. The molecule has 1 unspecified atom stereocenters. The van der Waals surface area contributed by atoms with Gasteiger partial charge in [-0.3, -0.25) is 4.79 Å². The lowest BCUT2D eigenvalue weighted by atomic mass is 10.3. The predicted molar refractivity (Wildman–Crippen MR) is 60.4 cm³/mol. The Bertz CT molecular complexity index is 368. The molecule has 0 aliphatic rings. The average Bonchev–Trinajstić information content (AvgIpc) is 2.28. The lowest BCUT2D eigenvalue weighted by molar-refractivity contribution is -0.129. The van der Waals surface area contributed by atoms with Crippen LogP contribution in [0, 0.1) is 0 Å². The van der Waals surface area contributed by atoms with Crippen molar-refractivity contribution < 1.29 is 9.53 Å². The molecule has 0 aliphatic heterocycles. The smallest absolute Gasteiger partial charge is 0.244 e. The Labute approximate surface area is 94.6 Å². The van der Waals surface area contributed by atoms with Crippen molar-refractivity contribution in [2.24, 2.45) is 0 Å². The lowest BCUT2D eigenvalue weighted by Gasteiger charge is -2.18. The molecule has 88 valence electrons. The molecule has 0 aliphatic carbocycles. The minimum Gasteiger partial charge on any atom is -0.481 e. The summed E-state index contributed by atoms with van der Waals surface area (Å²) in [7, 11) is 4.95. The quantitative estimate of drug-likeness (QED) is 0.800. The maximum atomic E-state index is 11.6. The van der Waals surface area contributed by atoms with Gasteiger partial charge in [-0.1, -0.05) is 0 Å². The van der Waals surface area contributed by atoms with Gasteiger partial charge in [0, 0.05) is 20.2 Å². The van der Waals surface area contributed by atoms with E-state index in [1.54, 1.807) is 27.1 Å². The SMILES string of the molecule is COc1cc(NC(C)C(=O)N(C)C)ncn1. The van der Waals surface area contributed by atoms with E-state index in [2.05, 4.69) is 15.3 Å². The zero-order valence-electron chi connectivity index (χ0n) is 9.89. The Morgan fingerprint density at radius 3 is 2.75 bits per heavy atom. The van der Waals surface area contributed by atoms with Crippen molar-refractivity contribution in [3.05, 3.63) is 12.4 Å². The standard InChI is InChI=1S/C10H16N4O2/c1-7(10(15)14(2)3)13-8-5-9(16-4)12-6-11-8/h5-7H,1-4H3,(H,11,12,13). The van der Waals surface area contributed by atoms with Crippen LogP contribution in [0.4, 0.5) is 5.82 Å². The number of hydrogen-bond acceptors (Lipinski definition) is 5. The highest BCUT2D eigenvalue weighted by Gasteiger charge is 2.14. The van der Waals surface area contributed by atoms with Gasteiger partial charge in [0.05, 0.1) is 7.11 Å². The van der Waals surface area contributed by atoms with E-state index < -0.39 is 0 Å². The van der Waals surface area contributed by atoms with Gasteiger partial charge < -0.3 is 15.0 Å². The summed E-state index contributed by atoms with van der Waals surface area (Å²) in [5.74, 6) is 1.01. The van der Waals surface area contributed by atoms with Crippen LogP contribution in [-0.2, 0) is 4.79 Å². The maximum absolute atomic E-state index is 11.6. The molecule has 1 amide bonds. The van der Waals surface area contributed by atoms with E-state index in [4.69, 9.17) is 4.74 Å². The van der Waals surface area contributed by atoms with Gasteiger partial charge in [0.15, 0.2) is 0 Å². The number of aromatic nitrogens is 2. The normalized spacial score (nSPS) is 11.8. The largest absolute Gasteiger partial charge is 0.481 e. The number of carbonyl (C=O) groups excluding carboxylic acids is 1. The number of nitrogens with zero attached hydrogens (tertiary/aromatic N) is 3. The van der Waals surface area contributed by atoms with Crippen molar-refractivity contribution in [1.29, 1.82) is 0 Å². The zero-order chi connectivity index (χ0) is 12.1. The van der Waals surface area contributed by atoms with Crippen LogP contribution in [-0.4, -0.2) is 48.0 Å². The molecule has 6 nitrogen and oxygen atoms in total. The summed E-state index contributed by atoms with van der Waals surface area (Å²) in [4.78, 5) is 21.0. The number of rotatable bonds is 4. The van der Waals surface area contributed by atoms with Gasteiger partial charge in [-0.05, 0) is 6.92 Å². The summed E-state index contributed by atoms with van der Waals surface area (Å²) in [6.07, 6.45) is 1.38. The molecule has 0 saturated heterocycles. The third-order valence-corrected chi connectivity index (χ3v) is 2.03. The Morgan fingerprint density at radius 1 is 1.50 bits per heavy atom. The second-order valence-electron chi connectivity index (χ2n) is 3.54. The summed E-state index contributed by atoms with van der Waals surface area (Å²) in [5.41, 5.74) is 0. The van der Waals surface area contributed by atoms with Gasteiger partial charge >= 0.3 is 0 Å². The van der Waals surface area contributed by atoms with Gasteiger partial charge in [-0.2, -0.15) is 0 Å². The molecule has 1 atom stereocenters. The molecular weight excluding hydrogens is 208 g/mol. The number of hydrogen-bond donors (Lipinski definition) is 1. The first kappa shape index (κ1) is 12.2. The van der Waals surface area contributed by atoms with Gasteiger partial charge in [0.2, 0.25) is 11.8 Å². The van der Waals surface area contributed by atoms with Crippen LogP contribution in [0.1, 0.15) is 6.92 Å². The van der Waals surface area contributed by atoms with Crippen LogP contribution in [0.3, 0.4) is 0 Å². The Balaban J connectivity index is 2.69. The summed E-state index contributed by atoms with van der Waals surface area (Å²) < 4.78 is 4.96. The summed E-state index contributed by atoms with van der Waals surface area (Å²) in [5, 5.41) is 2.98. The first-order chi connectivity index (χ1) is 7.54. The molecule has 0 fully saturated rings. The third-order valence-electron chi connectivity index (χ3n) is 2.03. The molecule has 0 bridgehead atoms. The van der Waals surface area contributed by atoms with Crippen LogP contribution < -0.4 is 10.1 Å². The minimum atomic E-state index is -0.338. The van der Waals surface area contributed by atoms with E-state index in [1.807, 2.05) is 0 Å². The number of anilines is 1.